The summed E-state index contributed by atoms with van der Waals surface area (Å²) in [5, 5.41) is 0. The normalized spacial score (nSPS) is 13.3. The largest absolute Gasteiger partial charge is 0.570 e. The molecule has 0 atom stereocenters. The Morgan fingerprint density at radius 2 is 1.06 bits per heavy atom. The highest BCUT2D eigenvalue weighted by atomic mass is 32.3. The molecule has 0 N–H and O–H groups in total. The fourth-order valence-corrected chi connectivity index (χ4v) is 6.45. The van der Waals surface area contributed by atoms with Crippen molar-refractivity contribution in [2.24, 2.45) is 0 Å². The summed E-state index contributed by atoms with van der Waals surface area (Å²) in [5.41, 5.74) is -12.4. The average Bonchev–Trinajstić information content (AvgIpc) is 2.73. The molecule has 0 fully saturated rings. The van der Waals surface area contributed by atoms with Gasteiger partial charge in [-0.05, 0) is 19.3 Å². The number of hydrogen-bond acceptors (Lipinski definition) is 7. The highest BCUT2D eigenvalue weighted by Crippen LogP contribution is 2.36. The van der Waals surface area contributed by atoms with Crippen molar-refractivity contribution in [2.75, 3.05) is 19.8 Å². The maximum absolute atomic E-state index is 11.4. The number of rotatable bonds is 13. The number of halogens is 6. The second-order valence-corrected chi connectivity index (χ2v) is 12.7. The van der Waals surface area contributed by atoms with Gasteiger partial charge in [-0.3, -0.25) is 0 Å². The van der Waals surface area contributed by atoms with E-state index in [4.69, 9.17) is 13.3 Å². The third kappa shape index (κ3) is 12.0. The molecule has 1 aromatic rings. The molecule has 0 radical (unpaired) electrons. The van der Waals surface area contributed by atoms with E-state index in [1.165, 1.54) is 0 Å². The van der Waals surface area contributed by atoms with Gasteiger partial charge in [-0.1, -0.05) is 26.8 Å². The molecule has 0 spiro atoms. The van der Waals surface area contributed by atoms with Crippen LogP contribution in [0.25, 0.3) is 4.13 Å². The molecule has 0 saturated carbocycles. The predicted molar refractivity (Wildman–Crippen MR) is 114 cm³/mol. The maximum Gasteiger partial charge on any atom is 0.570 e. The molecule has 18 heteroatoms. The first-order valence-electron chi connectivity index (χ1n) is 10.2. The van der Waals surface area contributed by atoms with Crippen LogP contribution in [0.2, 0.25) is 0 Å². The number of alkyl halides is 6. The predicted octanol–water partition coefficient (Wildman–Crippen LogP) is 3.79. The van der Waals surface area contributed by atoms with Crippen molar-refractivity contribution in [1.82, 2.24) is 0 Å². The van der Waals surface area contributed by atoms with Crippen LogP contribution in [0.5, 0.6) is 0 Å². The molecule has 0 unspecified atom stereocenters. The summed E-state index contributed by atoms with van der Waals surface area (Å²) in [6.07, 6.45) is 7.65. The van der Waals surface area contributed by atoms with Gasteiger partial charge < -0.3 is 17.4 Å². The highest BCUT2D eigenvalue weighted by molar-refractivity contribution is 8.13. The van der Waals surface area contributed by atoms with Crippen LogP contribution < -0.4 is 4.57 Å². The molecule has 1 heterocycles. The lowest BCUT2D eigenvalue weighted by Gasteiger charge is -2.26. The minimum absolute atomic E-state index is 0.674. The van der Waals surface area contributed by atoms with E-state index in [2.05, 4.69) is 25.3 Å². The van der Waals surface area contributed by atoms with Crippen molar-refractivity contribution in [1.29, 1.82) is 0 Å². The standard InChI is InChI=1S/C15H28NO3Si.C2F6NO4S2/c1-4-12-17-20(18-13-5-2,19-14-6-3)15-16-10-8-7-9-11-16;3-1(4,5)14(10,11)9-15(12,13)2(6,7)8/h7-11H,4-6,12-15H2,1-3H3;/q+1;-1. The van der Waals surface area contributed by atoms with Crippen molar-refractivity contribution < 1.29 is 61.0 Å². The van der Waals surface area contributed by atoms with Gasteiger partial charge in [0.15, 0.2) is 32.4 Å². The van der Waals surface area contributed by atoms with Crippen LogP contribution in [0.15, 0.2) is 30.6 Å². The third-order valence-corrected chi connectivity index (χ3v) is 8.94. The van der Waals surface area contributed by atoms with Crippen LogP contribution in [0, 0.1) is 0 Å². The Hall–Kier alpha value is -1.31. The van der Waals surface area contributed by atoms with Gasteiger partial charge in [0, 0.05) is 32.0 Å². The van der Waals surface area contributed by atoms with Crippen molar-refractivity contribution in [3.05, 3.63) is 34.7 Å². The molecule has 0 aliphatic rings. The summed E-state index contributed by atoms with van der Waals surface area (Å²) in [5.74, 6) is 0. The molecule has 0 saturated heterocycles. The SMILES string of the molecule is CCCO[Si](C[n+]1ccccc1)(OCCC)OCCC.O=S(=O)([N-]S(=O)(=O)C(F)(F)F)C(F)(F)F. The Labute approximate surface area is 201 Å². The van der Waals surface area contributed by atoms with Crippen molar-refractivity contribution in [3.63, 3.8) is 0 Å². The molecule has 0 bridgehead atoms. The van der Waals surface area contributed by atoms with Crippen LogP contribution >= 0.6 is 0 Å². The second-order valence-electron chi connectivity index (χ2n) is 6.69. The minimum Gasteiger partial charge on any atom is -0.421 e. The Balaban J connectivity index is 0.000000691. The molecule has 1 aromatic heterocycles. The number of pyridine rings is 1. The van der Waals surface area contributed by atoms with E-state index in [1.54, 1.807) is 0 Å². The van der Waals surface area contributed by atoms with Crippen molar-refractivity contribution >= 4 is 28.9 Å². The highest BCUT2D eigenvalue weighted by Gasteiger charge is 2.47. The van der Waals surface area contributed by atoms with Gasteiger partial charge in [-0.2, -0.15) is 26.3 Å². The summed E-state index contributed by atoms with van der Waals surface area (Å²) in [6, 6.07) is 6.03. The quantitative estimate of drug-likeness (QED) is 0.199. The lowest BCUT2D eigenvalue weighted by Crippen LogP contribution is -2.58. The molecular weight excluding hydrogens is 550 g/mol. The fourth-order valence-electron chi connectivity index (χ4n) is 2.01. The molecular formula is C17H28F6N2O7S2Si. The fraction of sp³-hybridized carbons (Fsp3) is 0.706. The van der Waals surface area contributed by atoms with E-state index in [1.807, 2.05) is 30.6 Å². The summed E-state index contributed by atoms with van der Waals surface area (Å²) in [6.45, 7) is 8.38. The number of sulfonamides is 2. The molecule has 9 nitrogen and oxygen atoms in total. The molecule has 0 aliphatic carbocycles. The monoisotopic (exact) mass is 578 g/mol. The zero-order chi connectivity index (χ0) is 27.4. The van der Waals surface area contributed by atoms with E-state index in [-0.39, 0.29) is 0 Å². The van der Waals surface area contributed by atoms with Crippen molar-refractivity contribution in [3.8, 4) is 0 Å². The van der Waals surface area contributed by atoms with Gasteiger partial charge in [0.2, 0.25) is 6.17 Å². The zero-order valence-electron chi connectivity index (χ0n) is 19.2. The first kappa shape index (κ1) is 33.7. The van der Waals surface area contributed by atoms with E-state index in [9.17, 15) is 43.2 Å². The number of nitrogens with zero attached hydrogens (tertiary/aromatic N) is 2. The Kier molecular flexibility index (Phi) is 13.9. The van der Waals surface area contributed by atoms with Gasteiger partial charge in [-0.15, -0.1) is 0 Å². The van der Waals surface area contributed by atoms with Gasteiger partial charge in [0.05, 0.1) is 0 Å². The third-order valence-electron chi connectivity index (χ3n) is 3.51. The molecule has 35 heavy (non-hydrogen) atoms. The van der Waals surface area contributed by atoms with Gasteiger partial charge in [0.25, 0.3) is 0 Å². The van der Waals surface area contributed by atoms with Crippen LogP contribution in [0.3, 0.4) is 0 Å². The second kappa shape index (κ2) is 14.4. The first-order chi connectivity index (χ1) is 16.0. The summed E-state index contributed by atoms with van der Waals surface area (Å²) in [7, 11) is -16.1. The molecule has 1 rings (SSSR count). The van der Waals surface area contributed by atoms with E-state index in [0.717, 1.165) is 23.4 Å². The lowest BCUT2D eigenvalue weighted by molar-refractivity contribution is -0.685. The number of aromatic nitrogens is 1. The average molecular weight is 579 g/mol. The van der Waals surface area contributed by atoms with Crippen LogP contribution in [0.1, 0.15) is 40.0 Å². The summed E-state index contributed by atoms with van der Waals surface area (Å²) >= 11 is 0. The molecule has 0 aromatic carbocycles. The summed E-state index contributed by atoms with van der Waals surface area (Å²) < 4.78 is 129. The van der Waals surface area contributed by atoms with Gasteiger partial charge in [0.1, 0.15) is 0 Å². The first-order valence-corrected chi connectivity index (χ1v) is 15.0. The molecule has 206 valence electrons. The van der Waals surface area contributed by atoms with Gasteiger partial charge >= 0.3 is 19.8 Å². The van der Waals surface area contributed by atoms with E-state index < -0.39 is 39.9 Å². The molecule has 0 amide bonds. The van der Waals surface area contributed by atoms with Crippen LogP contribution in [0.4, 0.5) is 26.3 Å². The molecule has 0 aliphatic heterocycles. The van der Waals surface area contributed by atoms with Gasteiger partial charge in [-0.25, -0.2) is 21.4 Å². The Bertz CT molecular complexity index is 882. The minimum atomic E-state index is -6.72. The summed E-state index contributed by atoms with van der Waals surface area (Å²) in [4.78, 5) is 0. The Morgan fingerprint density at radius 3 is 1.34 bits per heavy atom. The topological polar surface area (TPSA) is 114 Å². The van der Waals surface area contributed by atoms with Crippen molar-refractivity contribution in [2.45, 2.75) is 57.2 Å². The van der Waals surface area contributed by atoms with Crippen LogP contribution in [-0.4, -0.2) is 56.5 Å². The zero-order valence-corrected chi connectivity index (χ0v) is 21.8. The maximum atomic E-state index is 11.4. The lowest BCUT2D eigenvalue weighted by atomic mass is 10.5. The van der Waals surface area contributed by atoms with E-state index in [0.29, 0.717) is 26.0 Å². The van der Waals surface area contributed by atoms with Crippen LogP contribution in [-0.2, 0) is 39.5 Å². The Morgan fingerprint density at radius 1 is 0.714 bits per heavy atom. The van der Waals surface area contributed by atoms with E-state index >= 15 is 0 Å². The number of hydrogen-bond donors (Lipinski definition) is 0. The smallest absolute Gasteiger partial charge is 0.421 e.